The lowest BCUT2D eigenvalue weighted by Gasteiger charge is -2.36. The maximum Gasteiger partial charge on any atom is 0.308 e. The second-order valence-corrected chi connectivity index (χ2v) is 9.83. The summed E-state index contributed by atoms with van der Waals surface area (Å²) in [5, 5.41) is 24.2. The van der Waals surface area contributed by atoms with E-state index in [0.29, 0.717) is 36.7 Å². The summed E-state index contributed by atoms with van der Waals surface area (Å²) in [7, 11) is 1.61. The van der Waals surface area contributed by atoms with Crippen molar-refractivity contribution in [2.75, 3.05) is 26.7 Å². The van der Waals surface area contributed by atoms with Crippen molar-refractivity contribution in [3.63, 3.8) is 0 Å². The third-order valence-electron chi connectivity index (χ3n) is 6.43. The first kappa shape index (κ1) is 24.5. The molecule has 1 aliphatic heterocycles. The number of rotatable bonds is 7. The number of carboxylic acid groups (broad SMARTS) is 1. The van der Waals surface area contributed by atoms with E-state index in [4.69, 9.17) is 16.3 Å². The van der Waals surface area contributed by atoms with Gasteiger partial charge in [-0.05, 0) is 73.0 Å². The van der Waals surface area contributed by atoms with Crippen LogP contribution < -0.4 is 4.74 Å². The fourth-order valence-corrected chi connectivity index (χ4v) is 5.51. The van der Waals surface area contributed by atoms with Gasteiger partial charge in [0.2, 0.25) is 0 Å². The van der Waals surface area contributed by atoms with Crippen LogP contribution in [0.5, 0.6) is 5.75 Å². The van der Waals surface area contributed by atoms with E-state index < -0.39 is 18.0 Å². The molecule has 3 heterocycles. The molecule has 4 rings (SSSR count). The maximum atomic E-state index is 12.0. The summed E-state index contributed by atoms with van der Waals surface area (Å²) in [5.74, 6) is 5.63. The van der Waals surface area contributed by atoms with Gasteiger partial charge in [-0.2, -0.15) is 0 Å². The van der Waals surface area contributed by atoms with E-state index in [1.165, 1.54) is 11.3 Å². The first-order valence-electron chi connectivity index (χ1n) is 11.2. The molecular weight excluding hydrogens is 472 g/mol. The minimum absolute atomic E-state index is 0.00531. The number of hydrogen-bond donors (Lipinski definition) is 2. The average Bonchev–Trinajstić information content (AvgIpc) is 3.26. The van der Waals surface area contributed by atoms with Gasteiger partial charge < -0.3 is 14.9 Å². The monoisotopic (exact) mass is 498 g/mol. The third kappa shape index (κ3) is 5.70. The molecule has 2 aromatic heterocycles. The number of aliphatic hydroxyl groups is 1. The molecule has 3 aromatic rings. The Kier molecular flexibility index (Phi) is 8.07. The predicted octanol–water partition coefficient (Wildman–Crippen LogP) is 4.85. The van der Waals surface area contributed by atoms with Crippen molar-refractivity contribution in [3.8, 4) is 17.6 Å². The highest BCUT2D eigenvalue weighted by Crippen LogP contribution is 2.33. The zero-order valence-corrected chi connectivity index (χ0v) is 20.5. The smallest absolute Gasteiger partial charge is 0.308 e. The lowest BCUT2D eigenvalue weighted by Crippen LogP contribution is -2.44. The first-order chi connectivity index (χ1) is 16.5. The molecule has 1 fully saturated rings. The largest absolute Gasteiger partial charge is 0.497 e. The van der Waals surface area contributed by atoms with Crippen molar-refractivity contribution in [3.05, 3.63) is 57.4 Å². The van der Waals surface area contributed by atoms with E-state index >= 15 is 0 Å². The van der Waals surface area contributed by atoms with E-state index in [-0.39, 0.29) is 5.92 Å². The molecule has 0 radical (unpaired) electrons. The van der Waals surface area contributed by atoms with Crippen LogP contribution >= 0.6 is 22.9 Å². The van der Waals surface area contributed by atoms with E-state index in [0.717, 1.165) is 34.3 Å². The Labute approximate surface area is 208 Å². The first-order valence-corrected chi connectivity index (χ1v) is 12.5. The molecule has 2 N–H and O–H groups in total. The molecule has 34 heavy (non-hydrogen) atoms. The van der Waals surface area contributed by atoms with Gasteiger partial charge in [-0.15, -0.1) is 11.3 Å². The molecule has 1 saturated heterocycles. The summed E-state index contributed by atoms with van der Waals surface area (Å²) in [5.41, 5.74) is 1.58. The number of likely N-dealkylation sites (tertiary alicyclic amines) is 1. The van der Waals surface area contributed by atoms with Gasteiger partial charge in [0.15, 0.2) is 0 Å². The quantitative estimate of drug-likeness (QED) is 0.453. The minimum Gasteiger partial charge on any atom is -0.497 e. The molecule has 178 valence electrons. The van der Waals surface area contributed by atoms with Crippen molar-refractivity contribution in [2.45, 2.75) is 25.4 Å². The number of piperidine rings is 1. The number of carboxylic acids is 1. The Morgan fingerprint density at radius 2 is 2.24 bits per heavy atom. The highest BCUT2D eigenvalue weighted by Gasteiger charge is 2.34. The third-order valence-corrected chi connectivity index (χ3v) is 7.69. The lowest BCUT2D eigenvalue weighted by molar-refractivity contribution is -0.146. The molecule has 3 atom stereocenters. The summed E-state index contributed by atoms with van der Waals surface area (Å²) in [6.45, 7) is 1.75. The van der Waals surface area contributed by atoms with Crippen molar-refractivity contribution < 1.29 is 19.7 Å². The highest BCUT2D eigenvalue weighted by molar-refractivity contribution is 7.11. The number of aliphatic hydroxyl groups excluding tert-OH is 1. The fourth-order valence-electron chi connectivity index (χ4n) is 4.54. The molecule has 0 saturated carbocycles. The van der Waals surface area contributed by atoms with Crippen LogP contribution in [-0.2, 0) is 4.79 Å². The van der Waals surface area contributed by atoms with Crippen LogP contribution in [0, 0.1) is 23.7 Å². The minimum atomic E-state index is -0.794. The lowest BCUT2D eigenvalue weighted by atomic mass is 9.81. The summed E-state index contributed by atoms with van der Waals surface area (Å²) >= 11 is 7.58. The summed E-state index contributed by atoms with van der Waals surface area (Å²) in [6, 6.07) is 9.24. The molecule has 8 heteroatoms. The summed E-state index contributed by atoms with van der Waals surface area (Å²) in [4.78, 5) is 19.3. The molecule has 0 bridgehead atoms. The van der Waals surface area contributed by atoms with E-state index in [9.17, 15) is 15.0 Å². The van der Waals surface area contributed by atoms with Gasteiger partial charge in [-0.1, -0.05) is 23.4 Å². The van der Waals surface area contributed by atoms with Crippen LogP contribution in [0.3, 0.4) is 0 Å². The van der Waals surface area contributed by atoms with Crippen LogP contribution in [0.2, 0.25) is 5.02 Å². The van der Waals surface area contributed by atoms with Crippen LogP contribution in [0.15, 0.2) is 41.9 Å². The highest BCUT2D eigenvalue weighted by atomic mass is 35.5. The number of methoxy groups -OCH3 is 1. The van der Waals surface area contributed by atoms with E-state index in [1.54, 1.807) is 13.3 Å². The van der Waals surface area contributed by atoms with Crippen LogP contribution in [0.25, 0.3) is 10.9 Å². The van der Waals surface area contributed by atoms with Gasteiger partial charge in [0.05, 0.1) is 41.1 Å². The second-order valence-electron chi connectivity index (χ2n) is 8.50. The Morgan fingerprint density at radius 1 is 1.38 bits per heavy atom. The Morgan fingerprint density at radius 3 is 2.97 bits per heavy atom. The molecule has 0 amide bonds. The topological polar surface area (TPSA) is 82.9 Å². The Hall–Kier alpha value is -2.63. The number of hydrogen-bond acceptors (Lipinski definition) is 6. The molecule has 6 nitrogen and oxygen atoms in total. The number of fused-ring (bicyclic) bond motifs is 1. The number of benzene rings is 1. The van der Waals surface area contributed by atoms with Crippen molar-refractivity contribution in [1.29, 1.82) is 0 Å². The molecule has 1 unspecified atom stereocenters. The van der Waals surface area contributed by atoms with Crippen molar-refractivity contribution >= 4 is 39.8 Å². The number of pyridine rings is 1. The predicted molar refractivity (Wildman–Crippen MR) is 134 cm³/mol. The van der Waals surface area contributed by atoms with Crippen molar-refractivity contribution in [2.24, 2.45) is 11.8 Å². The number of aromatic nitrogens is 1. The number of carbonyl (C=O) groups is 1. The fraction of sp³-hybridized carbons (Fsp3) is 0.385. The Balaban J connectivity index is 1.38. The molecule has 1 aromatic carbocycles. The summed E-state index contributed by atoms with van der Waals surface area (Å²) < 4.78 is 5.32. The zero-order valence-electron chi connectivity index (χ0n) is 18.9. The number of nitrogens with zero attached hydrogens (tertiary/aromatic N) is 2. The number of ether oxygens (including phenoxy) is 1. The van der Waals surface area contributed by atoms with Gasteiger partial charge in [-0.25, -0.2) is 0 Å². The summed E-state index contributed by atoms with van der Waals surface area (Å²) in [6.07, 6.45) is 2.87. The van der Waals surface area contributed by atoms with Gasteiger partial charge >= 0.3 is 5.97 Å². The molecule has 0 spiro atoms. The zero-order chi connectivity index (χ0) is 24.1. The van der Waals surface area contributed by atoms with Crippen molar-refractivity contribution in [1.82, 2.24) is 9.88 Å². The number of thiophene rings is 1. The molecule has 0 aliphatic carbocycles. The van der Waals surface area contributed by atoms with E-state index in [1.807, 2.05) is 35.7 Å². The Bertz CT molecular complexity index is 1220. The normalized spacial score (nSPS) is 19.4. The van der Waals surface area contributed by atoms with Gasteiger partial charge in [0.25, 0.3) is 0 Å². The van der Waals surface area contributed by atoms with Gasteiger partial charge in [0.1, 0.15) is 5.75 Å². The number of aliphatic carboxylic acids is 1. The number of halogens is 1. The van der Waals surface area contributed by atoms with Crippen LogP contribution in [0.1, 0.15) is 35.8 Å². The second kappa shape index (κ2) is 11.2. The van der Waals surface area contributed by atoms with Gasteiger partial charge in [-0.3, -0.25) is 14.7 Å². The molecule has 1 aliphatic rings. The SMILES string of the molecule is COc1ccc2nccc(C(O)CC[C@@H]3CCN(CC#Cc4sccc4Cl)C[C@@H]3C(=O)O)c2c1. The standard InChI is InChI=1S/C26H27ClN2O4S/c1-33-18-5-6-23-20(15-18)19(8-11-28-23)24(30)7-4-17-9-13-29(16-21(17)26(31)32)12-2-3-25-22(27)10-14-34-25/h5-6,8,10-11,14-15,17,21,24,30H,4,7,9,12-13,16H2,1H3,(H,31,32)/t17-,21+,24?/m1/s1. The van der Waals surface area contributed by atoms with Crippen LogP contribution in [0.4, 0.5) is 0 Å². The average molecular weight is 499 g/mol. The maximum absolute atomic E-state index is 12.0. The molecular formula is C26H27ClN2O4S. The van der Waals surface area contributed by atoms with E-state index in [2.05, 4.69) is 21.7 Å². The van der Waals surface area contributed by atoms with Crippen LogP contribution in [-0.4, -0.2) is 52.8 Å². The van der Waals surface area contributed by atoms with Gasteiger partial charge in [0, 0.05) is 18.1 Å².